The van der Waals surface area contributed by atoms with Gasteiger partial charge in [-0.05, 0) is 49.0 Å². The molecule has 1 aliphatic rings. The summed E-state index contributed by atoms with van der Waals surface area (Å²) in [5.74, 6) is -0.125. The lowest BCUT2D eigenvalue weighted by molar-refractivity contribution is 0.0708. The first kappa shape index (κ1) is 20.6. The molecule has 2 aromatic carbocycles. The van der Waals surface area contributed by atoms with E-state index >= 15 is 0 Å². The molecule has 1 unspecified atom stereocenters. The van der Waals surface area contributed by atoms with Gasteiger partial charge < -0.3 is 19.3 Å². The van der Waals surface area contributed by atoms with Crippen LogP contribution in [0, 0.1) is 0 Å². The number of benzene rings is 2. The Morgan fingerprint density at radius 1 is 1.13 bits per heavy atom. The second kappa shape index (κ2) is 8.24. The number of hydrogen-bond donors (Lipinski definition) is 1. The number of phenols is 1. The molecule has 1 aliphatic heterocycles. The van der Waals surface area contributed by atoms with Crippen molar-refractivity contribution in [1.82, 2.24) is 9.80 Å². The summed E-state index contributed by atoms with van der Waals surface area (Å²) in [6.45, 7) is 7.03. The van der Waals surface area contributed by atoms with E-state index in [1.54, 1.807) is 41.3 Å². The molecule has 30 heavy (non-hydrogen) atoms. The van der Waals surface area contributed by atoms with Gasteiger partial charge in [0.25, 0.3) is 5.91 Å². The maximum atomic E-state index is 13.5. The minimum Gasteiger partial charge on any atom is -0.508 e. The minimum absolute atomic E-state index is 0.0858. The van der Waals surface area contributed by atoms with Gasteiger partial charge in [0.05, 0.1) is 17.0 Å². The number of aromatic hydroxyl groups is 1. The van der Waals surface area contributed by atoms with Crippen molar-refractivity contribution in [3.63, 3.8) is 0 Å². The summed E-state index contributed by atoms with van der Waals surface area (Å²) >= 11 is 3.40. The summed E-state index contributed by atoms with van der Waals surface area (Å²) in [6.07, 6.45) is 0. The number of fused-ring (bicyclic) bond motifs is 2. The number of rotatable bonds is 6. The van der Waals surface area contributed by atoms with Crippen molar-refractivity contribution in [3.8, 4) is 5.75 Å². The minimum atomic E-state index is -0.602. The van der Waals surface area contributed by atoms with Crippen LogP contribution in [-0.2, 0) is 0 Å². The SMILES string of the molecule is CCN(CC)CCN1C(=O)c2oc3ccc(Br)cc3c(=O)c2C1c1cccc(O)c1. The number of amides is 1. The van der Waals surface area contributed by atoms with Gasteiger partial charge in [0.1, 0.15) is 11.3 Å². The second-order valence-corrected chi connectivity index (χ2v) is 8.25. The molecular formula is C23H23BrN2O4. The molecule has 156 valence electrons. The van der Waals surface area contributed by atoms with Crippen LogP contribution in [0.1, 0.15) is 41.6 Å². The smallest absolute Gasteiger partial charge is 0.290 e. The van der Waals surface area contributed by atoms with Gasteiger partial charge in [-0.25, -0.2) is 0 Å². The van der Waals surface area contributed by atoms with Crippen molar-refractivity contribution in [1.29, 1.82) is 0 Å². The number of likely N-dealkylation sites (N-methyl/N-ethyl adjacent to an activating group) is 1. The van der Waals surface area contributed by atoms with E-state index in [0.717, 1.165) is 17.6 Å². The molecule has 1 atom stereocenters. The van der Waals surface area contributed by atoms with E-state index in [9.17, 15) is 14.7 Å². The Kier molecular flexibility index (Phi) is 5.66. The van der Waals surface area contributed by atoms with Gasteiger partial charge in [0.15, 0.2) is 5.43 Å². The van der Waals surface area contributed by atoms with Crippen LogP contribution in [0.25, 0.3) is 11.0 Å². The number of carbonyl (C=O) groups is 1. The van der Waals surface area contributed by atoms with E-state index in [-0.39, 0.29) is 22.8 Å². The lowest BCUT2D eigenvalue weighted by Crippen LogP contribution is -2.37. The Hall–Kier alpha value is -2.64. The second-order valence-electron chi connectivity index (χ2n) is 7.34. The standard InChI is InChI=1S/C23H23BrN2O4/c1-3-25(4-2)10-11-26-20(14-6-5-7-16(27)12-14)19-21(28)17-13-15(24)8-9-18(17)30-22(19)23(26)29/h5-9,12-13,20,27H,3-4,10-11H2,1-2H3. The fourth-order valence-electron chi connectivity index (χ4n) is 4.05. The predicted molar refractivity (Wildman–Crippen MR) is 119 cm³/mol. The van der Waals surface area contributed by atoms with Gasteiger partial charge in [0, 0.05) is 17.6 Å². The summed E-state index contributed by atoms with van der Waals surface area (Å²) in [7, 11) is 0. The molecule has 0 radical (unpaired) electrons. The summed E-state index contributed by atoms with van der Waals surface area (Å²) in [4.78, 5) is 30.7. The van der Waals surface area contributed by atoms with Crippen molar-refractivity contribution >= 4 is 32.8 Å². The molecule has 4 rings (SSSR count). The maximum absolute atomic E-state index is 13.5. The zero-order valence-corrected chi connectivity index (χ0v) is 18.5. The normalized spacial score (nSPS) is 15.9. The molecule has 7 heteroatoms. The number of carbonyl (C=O) groups excluding carboxylic acids is 1. The first-order chi connectivity index (χ1) is 14.4. The predicted octanol–water partition coefficient (Wildman–Crippen LogP) is 4.15. The van der Waals surface area contributed by atoms with Crippen molar-refractivity contribution in [2.45, 2.75) is 19.9 Å². The summed E-state index contributed by atoms with van der Waals surface area (Å²) in [5, 5.41) is 10.4. The Morgan fingerprint density at radius 2 is 1.90 bits per heavy atom. The van der Waals surface area contributed by atoms with Crippen LogP contribution in [0.2, 0.25) is 0 Å². The van der Waals surface area contributed by atoms with Gasteiger partial charge in [0.2, 0.25) is 5.76 Å². The third kappa shape index (κ3) is 3.52. The molecule has 0 spiro atoms. The van der Waals surface area contributed by atoms with E-state index in [2.05, 4.69) is 34.7 Å². The van der Waals surface area contributed by atoms with Crippen LogP contribution >= 0.6 is 15.9 Å². The molecule has 0 bridgehead atoms. The van der Waals surface area contributed by atoms with Crippen LogP contribution in [0.4, 0.5) is 0 Å². The van der Waals surface area contributed by atoms with Crippen molar-refractivity contribution in [3.05, 3.63) is 74.0 Å². The van der Waals surface area contributed by atoms with Gasteiger partial charge >= 0.3 is 0 Å². The fraction of sp³-hybridized carbons (Fsp3) is 0.304. The Morgan fingerprint density at radius 3 is 2.60 bits per heavy atom. The molecule has 1 amide bonds. The van der Waals surface area contributed by atoms with Crippen LogP contribution in [-0.4, -0.2) is 47.0 Å². The van der Waals surface area contributed by atoms with E-state index in [0.29, 0.717) is 35.2 Å². The zero-order valence-electron chi connectivity index (χ0n) is 16.9. The summed E-state index contributed by atoms with van der Waals surface area (Å²) in [6, 6.07) is 11.3. The molecule has 2 heterocycles. The third-order valence-electron chi connectivity index (χ3n) is 5.67. The quantitative estimate of drug-likeness (QED) is 0.585. The first-order valence-corrected chi connectivity index (χ1v) is 10.8. The van der Waals surface area contributed by atoms with E-state index in [4.69, 9.17) is 4.42 Å². The summed E-state index contributed by atoms with van der Waals surface area (Å²) in [5.41, 5.74) is 1.18. The maximum Gasteiger partial charge on any atom is 0.290 e. The zero-order chi connectivity index (χ0) is 21.4. The highest BCUT2D eigenvalue weighted by Gasteiger charge is 2.42. The van der Waals surface area contributed by atoms with Crippen molar-refractivity contribution < 1.29 is 14.3 Å². The number of hydrogen-bond acceptors (Lipinski definition) is 5. The number of phenolic OH excluding ortho intramolecular Hbond substituents is 1. The number of nitrogens with zero attached hydrogens (tertiary/aromatic N) is 2. The van der Waals surface area contributed by atoms with Crippen molar-refractivity contribution in [2.24, 2.45) is 0 Å². The molecule has 0 aliphatic carbocycles. The lowest BCUT2D eigenvalue weighted by Gasteiger charge is -2.28. The van der Waals surface area contributed by atoms with Crippen molar-refractivity contribution in [2.75, 3.05) is 26.2 Å². The highest BCUT2D eigenvalue weighted by Crippen LogP contribution is 2.39. The first-order valence-electron chi connectivity index (χ1n) is 10.0. The molecule has 1 N–H and O–H groups in total. The average Bonchev–Trinajstić information content (AvgIpc) is 3.02. The molecule has 1 aromatic heterocycles. The average molecular weight is 471 g/mol. The van der Waals surface area contributed by atoms with Gasteiger partial charge in [-0.1, -0.05) is 41.9 Å². The van der Waals surface area contributed by atoms with E-state index < -0.39 is 6.04 Å². The highest BCUT2D eigenvalue weighted by molar-refractivity contribution is 9.10. The molecular weight excluding hydrogens is 448 g/mol. The Balaban J connectivity index is 1.89. The Labute approximate surface area is 182 Å². The molecule has 0 saturated carbocycles. The third-order valence-corrected chi connectivity index (χ3v) is 6.16. The monoisotopic (exact) mass is 470 g/mol. The van der Waals surface area contributed by atoms with E-state index in [1.165, 1.54) is 0 Å². The van der Waals surface area contributed by atoms with Crippen LogP contribution in [0.3, 0.4) is 0 Å². The summed E-state index contributed by atoms with van der Waals surface area (Å²) < 4.78 is 6.70. The molecule has 3 aromatic rings. The van der Waals surface area contributed by atoms with Gasteiger partial charge in [-0.2, -0.15) is 0 Å². The molecule has 0 fully saturated rings. The Bertz CT molecular complexity index is 1170. The van der Waals surface area contributed by atoms with Gasteiger partial charge in [-0.15, -0.1) is 0 Å². The molecule has 6 nitrogen and oxygen atoms in total. The van der Waals surface area contributed by atoms with Crippen LogP contribution in [0.5, 0.6) is 5.75 Å². The number of halogens is 1. The van der Waals surface area contributed by atoms with Gasteiger partial charge in [-0.3, -0.25) is 9.59 Å². The lowest BCUT2D eigenvalue weighted by atomic mass is 9.98. The van der Waals surface area contributed by atoms with Crippen LogP contribution in [0.15, 0.2) is 56.1 Å². The fourth-order valence-corrected chi connectivity index (χ4v) is 4.41. The highest BCUT2D eigenvalue weighted by atomic mass is 79.9. The van der Waals surface area contributed by atoms with E-state index in [1.807, 2.05) is 6.07 Å². The molecule has 0 saturated heterocycles. The largest absolute Gasteiger partial charge is 0.508 e. The van der Waals surface area contributed by atoms with Crippen LogP contribution < -0.4 is 5.43 Å². The topological polar surface area (TPSA) is 74.0 Å².